The summed E-state index contributed by atoms with van der Waals surface area (Å²) >= 11 is 0. The molecule has 0 radical (unpaired) electrons. The first kappa shape index (κ1) is 20.1. The fourth-order valence-corrected chi connectivity index (χ4v) is 5.69. The van der Waals surface area contributed by atoms with Crippen LogP contribution < -0.4 is 9.47 Å². The van der Waals surface area contributed by atoms with Gasteiger partial charge in [-0.15, -0.1) is 0 Å². The molecule has 7 nitrogen and oxygen atoms in total. The molecule has 35 heavy (non-hydrogen) atoms. The van der Waals surface area contributed by atoms with E-state index in [1.807, 2.05) is 66.7 Å². The number of nitrogens with zero attached hydrogens (tertiary/aromatic N) is 2. The van der Waals surface area contributed by atoms with Crippen molar-refractivity contribution >= 4 is 22.7 Å². The lowest BCUT2D eigenvalue weighted by Crippen LogP contribution is -2.62. The number of hydrogen-bond acceptors (Lipinski definition) is 4. The summed E-state index contributed by atoms with van der Waals surface area (Å²) in [5.74, 6) is 1.27. The molecule has 7 heteroatoms. The van der Waals surface area contributed by atoms with E-state index in [2.05, 4.69) is 11.1 Å². The summed E-state index contributed by atoms with van der Waals surface area (Å²) in [6.07, 6.45) is 0.482. The molecule has 1 saturated heterocycles. The van der Waals surface area contributed by atoms with Crippen molar-refractivity contribution in [3.05, 3.63) is 95.2 Å². The third-order valence-corrected chi connectivity index (χ3v) is 7.27. The highest BCUT2D eigenvalue weighted by Gasteiger charge is 2.48. The number of aromatic nitrogens is 1. The van der Waals surface area contributed by atoms with E-state index in [9.17, 15) is 9.59 Å². The third kappa shape index (κ3) is 3.11. The van der Waals surface area contributed by atoms with E-state index in [0.717, 1.165) is 33.3 Å². The predicted octanol–water partition coefficient (Wildman–Crippen LogP) is 3.78. The van der Waals surface area contributed by atoms with Gasteiger partial charge in [-0.05, 0) is 34.9 Å². The van der Waals surface area contributed by atoms with Gasteiger partial charge in [0.1, 0.15) is 12.6 Å². The second kappa shape index (κ2) is 7.63. The van der Waals surface area contributed by atoms with Crippen LogP contribution in [0.1, 0.15) is 28.4 Å². The molecule has 1 N–H and O–H groups in total. The van der Waals surface area contributed by atoms with Gasteiger partial charge in [0, 0.05) is 29.6 Å². The summed E-state index contributed by atoms with van der Waals surface area (Å²) in [4.78, 5) is 34.5. The molecule has 3 aromatic carbocycles. The van der Waals surface area contributed by atoms with Crippen LogP contribution in [0.4, 0.5) is 0 Å². The lowest BCUT2D eigenvalue weighted by molar-refractivity contribution is -0.159. The van der Waals surface area contributed by atoms with E-state index < -0.39 is 12.1 Å². The number of fused-ring (bicyclic) bond motifs is 5. The van der Waals surface area contributed by atoms with Gasteiger partial charge >= 0.3 is 0 Å². The van der Waals surface area contributed by atoms with Crippen LogP contribution in [-0.2, 0) is 22.6 Å². The van der Waals surface area contributed by atoms with Gasteiger partial charge in [-0.1, -0.05) is 54.6 Å². The summed E-state index contributed by atoms with van der Waals surface area (Å²) in [6, 6.07) is 22.7. The third-order valence-electron chi connectivity index (χ3n) is 7.27. The minimum Gasteiger partial charge on any atom is -0.454 e. The molecular weight excluding hydrogens is 442 g/mol. The number of para-hydroxylation sites is 1. The molecule has 0 bridgehead atoms. The largest absolute Gasteiger partial charge is 0.454 e. The molecular formula is C28H23N3O4. The Morgan fingerprint density at radius 3 is 2.60 bits per heavy atom. The van der Waals surface area contributed by atoms with Gasteiger partial charge in [-0.3, -0.25) is 9.59 Å². The smallest absolute Gasteiger partial charge is 0.246 e. The van der Waals surface area contributed by atoms with Crippen molar-refractivity contribution in [3.63, 3.8) is 0 Å². The zero-order chi connectivity index (χ0) is 23.5. The fraction of sp³-hybridized carbons (Fsp3) is 0.214. The van der Waals surface area contributed by atoms with E-state index in [4.69, 9.17) is 9.47 Å². The first-order valence-corrected chi connectivity index (χ1v) is 11.8. The second-order valence-electron chi connectivity index (χ2n) is 9.28. The lowest BCUT2D eigenvalue weighted by Gasteiger charge is -2.47. The molecule has 2 atom stereocenters. The van der Waals surface area contributed by atoms with E-state index >= 15 is 0 Å². The number of aromatic amines is 1. The number of piperazine rings is 1. The molecule has 2 amide bonds. The Labute approximate surface area is 201 Å². The highest BCUT2D eigenvalue weighted by molar-refractivity contribution is 5.97. The molecule has 3 aliphatic rings. The topological polar surface area (TPSA) is 74.9 Å². The first-order chi connectivity index (χ1) is 17.2. The number of H-pyrrole nitrogens is 1. The average Bonchev–Trinajstić information content (AvgIpc) is 3.50. The van der Waals surface area contributed by atoms with Gasteiger partial charge in [0.15, 0.2) is 11.5 Å². The molecule has 0 saturated carbocycles. The Bertz CT molecular complexity index is 1480. The van der Waals surface area contributed by atoms with Crippen LogP contribution >= 0.6 is 0 Å². The molecule has 1 fully saturated rings. The van der Waals surface area contributed by atoms with Gasteiger partial charge < -0.3 is 24.3 Å². The summed E-state index contributed by atoms with van der Waals surface area (Å²) in [6.45, 7) is 0.658. The lowest BCUT2D eigenvalue weighted by atomic mass is 9.86. The summed E-state index contributed by atoms with van der Waals surface area (Å²) < 4.78 is 11.1. The molecule has 1 aromatic heterocycles. The number of carbonyl (C=O) groups excluding carboxylic acids is 2. The van der Waals surface area contributed by atoms with Crippen LogP contribution in [0.5, 0.6) is 11.5 Å². The van der Waals surface area contributed by atoms with Gasteiger partial charge in [-0.25, -0.2) is 0 Å². The monoisotopic (exact) mass is 465 g/mol. The Balaban J connectivity index is 1.35. The first-order valence-electron chi connectivity index (χ1n) is 11.8. The van der Waals surface area contributed by atoms with Crippen molar-refractivity contribution < 1.29 is 19.1 Å². The van der Waals surface area contributed by atoms with Gasteiger partial charge in [-0.2, -0.15) is 0 Å². The number of ether oxygens (including phenoxy) is 2. The number of rotatable bonds is 3. The molecule has 0 unspecified atom stereocenters. The maximum atomic E-state index is 13.8. The number of carbonyl (C=O) groups is 2. The van der Waals surface area contributed by atoms with Crippen molar-refractivity contribution in [1.29, 1.82) is 0 Å². The zero-order valence-electron chi connectivity index (χ0n) is 18.9. The normalized spacial score (nSPS) is 20.8. The minimum absolute atomic E-state index is 0.0184. The van der Waals surface area contributed by atoms with Crippen LogP contribution in [0, 0.1) is 0 Å². The Kier molecular flexibility index (Phi) is 4.39. The molecule has 7 rings (SSSR count). The number of hydrogen-bond donors (Lipinski definition) is 1. The van der Waals surface area contributed by atoms with Crippen molar-refractivity contribution in [3.8, 4) is 11.5 Å². The summed E-state index contributed by atoms with van der Waals surface area (Å²) in [7, 11) is 0. The molecule has 0 spiro atoms. The highest BCUT2D eigenvalue weighted by Crippen LogP contribution is 2.45. The Hall–Kier alpha value is -4.26. The van der Waals surface area contributed by atoms with E-state index in [0.29, 0.717) is 24.5 Å². The molecule has 3 aliphatic heterocycles. The maximum Gasteiger partial charge on any atom is 0.246 e. The Morgan fingerprint density at radius 2 is 1.71 bits per heavy atom. The van der Waals surface area contributed by atoms with Gasteiger partial charge in [0.05, 0.1) is 6.04 Å². The van der Waals surface area contributed by atoms with E-state index in [1.54, 1.807) is 9.80 Å². The number of nitrogens with one attached hydrogen (secondary N) is 1. The average molecular weight is 466 g/mol. The quantitative estimate of drug-likeness (QED) is 0.500. The Morgan fingerprint density at radius 1 is 0.914 bits per heavy atom. The van der Waals surface area contributed by atoms with Crippen LogP contribution in [-0.4, -0.2) is 46.0 Å². The highest BCUT2D eigenvalue weighted by atomic mass is 16.7. The maximum absolute atomic E-state index is 13.8. The minimum atomic E-state index is -0.568. The fourth-order valence-electron chi connectivity index (χ4n) is 5.69. The number of benzene rings is 3. The SMILES string of the molecule is O=C1[C@H]2Cc3c([nH]c4ccccc34)[C@H](c3ccc4c(c3)OCO4)N2C(=O)CN1Cc1ccccc1. The van der Waals surface area contributed by atoms with Crippen molar-refractivity contribution in [2.24, 2.45) is 0 Å². The second-order valence-corrected chi connectivity index (χ2v) is 9.28. The van der Waals surface area contributed by atoms with Crippen molar-refractivity contribution in [2.75, 3.05) is 13.3 Å². The van der Waals surface area contributed by atoms with Gasteiger partial charge in [0.2, 0.25) is 18.6 Å². The molecule has 0 aliphatic carbocycles. The molecule has 4 heterocycles. The predicted molar refractivity (Wildman–Crippen MR) is 129 cm³/mol. The molecule has 174 valence electrons. The van der Waals surface area contributed by atoms with Gasteiger partial charge in [0.25, 0.3) is 0 Å². The van der Waals surface area contributed by atoms with Crippen molar-refractivity contribution in [2.45, 2.75) is 25.0 Å². The zero-order valence-corrected chi connectivity index (χ0v) is 18.9. The van der Waals surface area contributed by atoms with Crippen molar-refractivity contribution in [1.82, 2.24) is 14.8 Å². The molecule has 4 aromatic rings. The van der Waals surface area contributed by atoms with Crippen LogP contribution in [0.15, 0.2) is 72.8 Å². The van der Waals surface area contributed by atoms with E-state index in [1.165, 1.54) is 0 Å². The van der Waals surface area contributed by atoms with E-state index in [-0.39, 0.29) is 25.2 Å². The number of amides is 2. The summed E-state index contributed by atoms with van der Waals surface area (Å²) in [5, 5.41) is 1.09. The van der Waals surface area contributed by atoms with Crippen LogP contribution in [0.2, 0.25) is 0 Å². The summed E-state index contributed by atoms with van der Waals surface area (Å²) in [5.41, 5.74) is 4.96. The standard InChI is InChI=1S/C28H23N3O4/c32-25-15-30(14-17-6-2-1-3-7-17)28(33)22-13-20-19-8-4-5-9-21(19)29-26(20)27(31(22)25)18-10-11-23-24(12-18)35-16-34-23/h1-12,22,27,29H,13-16H2/t22-,27+/m1/s1. The van der Waals surface area contributed by atoms with Crippen LogP contribution in [0.3, 0.4) is 0 Å². The van der Waals surface area contributed by atoms with Crippen LogP contribution in [0.25, 0.3) is 10.9 Å².